The fourth-order valence-electron chi connectivity index (χ4n) is 7.41. The molecule has 0 saturated carbocycles. The van der Waals surface area contributed by atoms with Crippen LogP contribution >= 0.6 is 0 Å². The lowest BCUT2D eigenvalue weighted by molar-refractivity contribution is 0.0614. The Morgan fingerprint density at radius 3 is 1.36 bits per heavy atom. The Morgan fingerprint density at radius 2 is 0.944 bits per heavy atom. The van der Waals surface area contributed by atoms with Crippen LogP contribution in [0.1, 0.15) is 22.3 Å². The van der Waals surface area contributed by atoms with Gasteiger partial charge in [0.05, 0.1) is 13.5 Å². The summed E-state index contributed by atoms with van der Waals surface area (Å²) in [4.78, 5) is 0. The summed E-state index contributed by atoms with van der Waals surface area (Å²) in [7, 11) is -0.00578. The quantitative estimate of drug-likeness (QED) is 0.267. The van der Waals surface area contributed by atoms with Gasteiger partial charge in [0.25, 0.3) is 0 Å². The minimum Gasteiger partial charge on any atom is -0.364 e. The Morgan fingerprint density at radius 1 is 0.556 bits per heavy atom. The Kier molecular flexibility index (Phi) is 4.41. The Hall–Kier alpha value is -3.46. The van der Waals surface area contributed by atoms with Gasteiger partial charge in [0.1, 0.15) is 5.60 Å². The lowest BCUT2D eigenvalue weighted by Gasteiger charge is -2.41. The summed E-state index contributed by atoms with van der Waals surface area (Å²) in [6.07, 6.45) is 4.90. The molecule has 1 nitrogen and oxygen atoms in total. The highest BCUT2D eigenvalue weighted by Crippen LogP contribution is 2.63. The molecule has 0 atom stereocenters. The fourth-order valence-corrected chi connectivity index (χ4v) is 10.0. The van der Waals surface area contributed by atoms with Crippen molar-refractivity contribution in [3.63, 3.8) is 0 Å². The zero-order valence-electron chi connectivity index (χ0n) is 21.3. The van der Waals surface area contributed by atoms with Crippen molar-refractivity contribution in [1.82, 2.24) is 0 Å². The molecule has 0 unspecified atom stereocenters. The Balaban J connectivity index is 1.64. The SMILES string of the molecule is COC1(C2=C([Si](C)(C)C)C3(C=C2)c2ccccc2-c2ccccc23)c2ccccc2-c2ccccc21. The van der Waals surface area contributed by atoms with Crippen molar-refractivity contribution in [2.24, 2.45) is 0 Å². The number of hydrogen-bond donors (Lipinski definition) is 0. The molecule has 176 valence electrons. The molecule has 4 aromatic rings. The van der Waals surface area contributed by atoms with Crippen LogP contribution in [-0.4, -0.2) is 15.2 Å². The molecule has 4 aromatic carbocycles. The maximum absolute atomic E-state index is 6.75. The topological polar surface area (TPSA) is 9.23 Å². The summed E-state index contributed by atoms with van der Waals surface area (Å²) in [5.74, 6) is 0. The van der Waals surface area contributed by atoms with Gasteiger partial charge < -0.3 is 4.74 Å². The van der Waals surface area contributed by atoms with E-state index >= 15 is 0 Å². The average molecular weight is 483 g/mol. The minimum atomic E-state index is -1.90. The summed E-state index contributed by atoms with van der Waals surface area (Å²) in [6.45, 7) is 7.49. The van der Waals surface area contributed by atoms with Gasteiger partial charge in [-0.2, -0.15) is 0 Å². The summed E-state index contributed by atoms with van der Waals surface area (Å²) in [6, 6.07) is 35.7. The first-order chi connectivity index (χ1) is 17.4. The van der Waals surface area contributed by atoms with Crippen LogP contribution in [0.3, 0.4) is 0 Å². The summed E-state index contributed by atoms with van der Waals surface area (Å²) < 4.78 is 6.75. The molecular formula is C34H30OSi. The van der Waals surface area contributed by atoms with Gasteiger partial charge in [-0.05, 0) is 39.0 Å². The number of hydrogen-bond acceptors (Lipinski definition) is 1. The van der Waals surface area contributed by atoms with Crippen LogP contribution in [-0.2, 0) is 15.8 Å². The second-order valence-corrected chi connectivity index (χ2v) is 16.2. The highest BCUT2D eigenvalue weighted by molar-refractivity contribution is 6.84. The van der Waals surface area contributed by atoms with Crippen molar-refractivity contribution in [1.29, 1.82) is 0 Å². The van der Waals surface area contributed by atoms with E-state index in [2.05, 4.69) is 129 Å². The third-order valence-corrected chi connectivity index (χ3v) is 10.7. The van der Waals surface area contributed by atoms with E-state index < -0.39 is 13.7 Å². The molecule has 0 radical (unpaired) electrons. The molecule has 1 spiro atoms. The zero-order valence-corrected chi connectivity index (χ0v) is 22.3. The molecule has 3 aliphatic carbocycles. The van der Waals surface area contributed by atoms with Crippen molar-refractivity contribution >= 4 is 8.07 Å². The summed E-state index contributed by atoms with van der Waals surface area (Å²) in [5.41, 5.74) is 11.0. The van der Waals surface area contributed by atoms with Crippen molar-refractivity contribution in [3.8, 4) is 22.3 Å². The van der Waals surface area contributed by atoms with Gasteiger partial charge in [-0.15, -0.1) is 0 Å². The lowest BCUT2D eigenvalue weighted by Crippen LogP contribution is -2.41. The molecular weight excluding hydrogens is 452 g/mol. The molecule has 0 fully saturated rings. The molecule has 0 N–H and O–H groups in total. The van der Waals surface area contributed by atoms with Gasteiger partial charge in [-0.3, -0.25) is 0 Å². The second kappa shape index (κ2) is 7.28. The van der Waals surface area contributed by atoms with Crippen LogP contribution in [0.25, 0.3) is 22.3 Å². The number of ether oxygens (including phenoxy) is 1. The third-order valence-electron chi connectivity index (χ3n) is 8.50. The van der Waals surface area contributed by atoms with Crippen LogP contribution in [0.2, 0.25) is 19.6 Å². The van der Waals surface area contributed by atoms with Gasteiger partial charge in [0.15, 0.2) is 0 Å². The molecule has 0 heterocycles. The maximum Gasteiger partial charge on any atom is 0.144 e. The predicted octanol–water partition coefficient (Wildman–Crippen LogP) is 8.27. The normalized spacial score (nSPS) is 17.8. The highest BCUT2D eigenvalue weighted by Gasteiger charge is 2.56. The number of benzene rings is 4. The minimum absolute atomic E-state index is 0.259. The van der Waals surface area contributed by atoms with Crippen LogP contribution in [0, 0.1) is 0 Å². The molecule has 0 aromatic heterocycles. The van der Waals surface area contributed by atoms with Gasteiger partial charge in [-0.25, -0.2) is 0 Å². The predicted molar refractivity (Wildman–Crippen MR) is 152 cm³/mol. The van der Waals surface area contributed by atoms with E-state index in [1.54, 1.807) is 5.20 Å². The van der Waals surface area contributed by atoms with Crippen LogP contribution in [0.5, 0.6) is 0 Å². The zero-order chi connectivity index (χ0) is 24.7. The van der Waals surface area contributed by atoms with E-state index in [-0.39, 0.29) is 5.41 Å². The highest BCUT2D eigenvalue weighted by atomic mass is 28.3. The van der Waals surface area contributed by atoms with Gasteiger partial charge in [-0.1, -0.05) is 134 Å². The molecule has 0 aliphatic heterocycles. The van der Waals surface area contributed by atoms with Gasteiger partial charge in [0, 0.05) is 18.2 Å². The summed E-state index contributed by atoms with van der Waals surface area (Å²) >= 11 is 0. The van der Waals surface area contributed by atoms with Crippen molar-refractivity contribution in [3.05, 3.63) is 142 Å². The van der Waals surface area contributed by atoms with E-state index in [0.29, 0.717) is 0 Å². The number of allylic oxidation sites excluding steroid dienone is 2. The molecule has 2 heteroatoms. The van der Waals surface area contributed by atoms with E-state index in [4.69, 9.17) is 4.74 Å². The van der Waals surface area contributed by atoms with E-state index in [1.165, 1.54) is 50.1 Å². The monoisotopic (exact) mass is 482 g/mol. The molecule has 0 saturated heterocycles. The fraction of sp³-hybridized carbons (Fsp3) is 0.176. The molecule has 0 bridgehead atoms. The van der Waals surface area contributed by atoms with E-state index in [0.717, 1.165) is 0 Å². The standard InChI is InChI=1S/C34H30OSi/c1-35-34(29-19-11-7-15-25(29)26-16-8-12-20-30(26)34)31-21-22-33(32(31)36(2,3)4)27-17-9-5-13-23(27)24-14-6-10-18-28(24)33/h5-22H,1-4H3. The third kappa shape index (κ3) is 2.49. The first-order valence-electron chi connectivity index (χ1n) is 12.8. The van der Waals surface area contributed by atoms with Gasteiger partial charge >= 0.3 is 0 Å². The van der Waals surface area contributed by atoms with Crippen LogP contribution in [0.15, 0.2) is 120 Å². The first-order valence-corrected chi connectivity index (χ1v) is 16.3. The molecule has 0 amide bonds. The summed E-state index contributed by atoms with van der Waals surface area (Å²) in [5, 5.41) is 1.56. The van der Waals surface area contributed by atoms with E-state index in [1.807, 2.05) is 7.11 Å². The van der Waals surface area contributed by atoms with Gasteiger partial charge in [0.2, 0.25) is 0 Å². The van der Waals surface area contributed by atoms with Crippen molar-refractivity contribution in [2.45, 2.75) is 30.7 Å². The van der Waals surface area contributed by atoms with Crippen molar-refractivity contribution in [2.75, 3.05) is 7.11 Å². The first kappa shape index (κ1) is 21.8. The maximum atomic E-state index is 6.75. The number of methoxy groups -OCH3 is 1. The molecule has 36 heavy (non-hydrogen) atoms. The Bertz CT molecular complexity index is 1520. The second-order valence-electron chi connectivity index (χ2n) is 11.2. The lowest BCUT2D eigenvalue weighted by atomic mass is 9.77. The van der Waals surface area contributed by atoms with E-state index in [9.17, 15) is 0 Å². The number of fused-ring (bicyclic) bond motifs is 8. The molecule has 3 aliphatic rings. The van der Waals surface area contributed by atoms with Crippen molar-refractivity contribution < 1.29 is 4.74 Å². The number of rotatable bonds is 3. The largest absolute Gasteiger partial charge is 0.364 e. The van der Waals surface area contributed by atoms with Crippen LogP contribution < -0.4 is 0 Å². The average Bonchev–Trinajstić information content (AvgIpc) is 3.53. The Labute approximate surface area is 214 Å². The molecule has 7 rings (SSSR count). The van der Waals surface area contributed by atoms with Crippen LogP contribution in [0.4, 0.5) is 0 Å². The smallest absolute Gasteiger partial charge is 0.144 e.